The van der Waals surface area contributed by atoms with E-state index in [0.717, 1.165) is 19.8 Å². The highest BCUT2D eigenvalue weighted by Crippen LogP contribution is 2.24. The number of likely N-dealkylation sites (N-methyl/N-ethyl adjacent to an activating group) is 1. The van der Waals surface area contributed by atoms with E-state index in [1.807, 2.05) is 0 Å². The number of ether oxygens (including phenoxy) is 1. The predicted octanol–water partition coefficient (Wildman–Crippen LogP) is 1.48. The summed E-state index contributed by atoms with van der Waals surface area (Å²) in [6, 6.07) is 8.99. The van der Waals surface area contributed by atoms with Crippen LogP contribution in [0.3, 0.4) is 0 Å². The molecule has 1 N–H and O–H groups in total. The van der Waals surface area contributed by atoms with Crippen LogP contribution < -0.4 is 5.32 Å². The average Bonchev–Trinajstić information content (AvgIpc) is 2.53. The summed E-state index contributed by atoms with van der Waals surface area (Å²) in [5.41, 5.74) is 2.75. The molecule has 1 saturated heterocycles. The number of hydrogen-bond donors (Lipinski definition) is 1. The Hall–Kier alpha value is -0.940. The number of nitrogens with one attached hydrogen (secondary N) is 1. The first-order valence-electron chi connectivity index (χ1n) is 8.13. The van der Waals surface area contributed by atoms with Crippen LogP contribution in [-0.2, 0) is 11.3 Å². The first-order chi connectivity index (χ1) is 10.3. The lowest BCUT2D eigenvalue weighted by Gasteiger charge is -2.32. The van der Waals surface area contributed by atoms with E-state index in [1.54, 1.807) is 0 Å². The van der Waals surface area contributed by atoms with Gasteiger partial charge in [-0.1, -0.05) is 24.3 Å². The number of piperazine rings is 1. The molecule has 4 heteroatoms. The molecule has 0 radical (unpaired) electrons. The third kappa shape index (κ3) is 4.04. The van der Waals surface area contributed by atoms with Crippen molar-refractivity contribution >= 4 is 0 Å². The van der Waals surface area contributed by atoms with Crippen LogP contribution in [0.5, 0.6) is 0 Å². The minimum atomic E-state index is 0.363. The summed E-state index contributed by atoms with van der Waals surface area (Å²) in [7, 11) is 2.21. The van der Waals surface area contributed by atoms with Gasteiger partial charge >= 0.3 is 0 Å². The van der Waals surface area contributed by atoms with E-state index < -0.39 is 0 Å². The molecule has 116 valence electrons. The molecular weight excluding hydrogens is 262 g/mol. The van der Waals surface area contributed by atoms with Crippen molar-refractivity contribution in [2.24, 2.45) is 0 Å². The predicted molar refractivity (Wildman–Crippen MR) is 85.4 cm³/mol. The van der Waals surface area contributed by atoms with Gasteiger partial charge in [-0.2, -0.15) is 0 Å². The zero-order chi connectivity index (χ0) is 14.5. The number of nitrogens with zero attached hydrogens (tertiary/aromatic N) is 2. The van der Waals surface area contributed by atoms with Crippen molar-refractivity contribution in [1.29, 1.82) is 0 Å². The van der Waals surface area contributed by atoms with Crippen molar-refractivity contribution in [3.63, 3.8) is 0 Å². The van der Waals surface area contributed by atoms with Gasteiger partial charge in [-0.05, 0) is 37.7 Å². The molecule has 2 aliphatic rings. The van der Waals surface area contributed by atoms with Gasteiger partial charge in [0, 0.05) is 26.2 Å². The molecule has 3 rings (SSSR count). The van der Waals surface area contributed by atoms with Gasteiger partial charge in [0.2, 0.25) is 0 Å². The maximum absolute atomic E-state index is 5.69. The highest BCUT2D eigenvalue weighted by molar-refractivity contribution is 5.30. The van der Waals surface area contributed by atoms with E-state index in [2.05, 4.69) is 46.4 Å². The highest BCUT2D eigenvalue weighted by atomic mass is 16.5. The molecule has 2 aliphatic heterocycles. The Morgan fingerprint density at radius 1 is 1.19 bits per heavy atom. The Morgan fingerprint density at radius 2 is 2.00 bits per heavy atom. The van der Waals surface area contributed by atoms with Crippen LogP contribution in [-0.4, -0.2) is 62.7 Å². The van der Waals surface area contributed by atoms with Crippen molar-refractivity contribution in [2.45, 2.75) is 19.1 Å². The van der Waals surface area contributed by atoms with Crippen LogP contribution in [0.4, 0.5) is 0 Å². The maximum atomic E-state index is 5.69. The van der Waals surface area contributed by atoms with Gasteiger partial charge in [-0.3, -0.25) is 0 Å². The minimum Gasteiger partial charge on any atom is -0.375 e. The molecule has 0 saturated carbocycles. The zero-order valence-corrected chi connectivity index (χ0v) is 13.1. The highest BCUT2D eigenvalue weighted by Gasteiger charge is 2.19. The quantitative estimate of drug-likeness (QED) is 0.831. The molecule has 0 aliphatic carbocycles. The van der Waals surface area contributed by atoms with Crippen molar-refractivity contribution in [2.75, 3.05) is 52.9 Å². The summed E-state index contributed by atoms with van der Waals surface area (Å²) in [5, 5.41) is 3.66. The van der Waals surface area contributed by atoms with Crippen LogP contribution in [0.1, 0.15) is 23.6 Å². The molecule has 1 unspecified atom stereocenters. The SMILES string of the molecule is CN1CCN(CCCNC2COCc3ccccc32)CC1. The second kappa shape index (κ2) is 7.36. The first-order valence-corrected chi connectivity index (χ1v) is 8.13. The second-order valence-corrected chi connectivity index (χ2v) is 6.22. The summed E-state index contributed by atoms with van der Waals surface area (Å²) >= 11 is 0. The number of rotatable bonds is 5. The molecule has 0 aromatic heterocycles. The van der Waals surface area contributed by atoms with Crippen LogP contribution in [0.25, 0.3) is 0 Å². The van der Waals surface area contributed by atoms with Gasteiger partial charge in [-0.25, -0.2) is 0 Å². The van der Waals surface area contributed by atoms with E-state index in [-0.39, 0.29) is 0 Å². The molecule has 1 aromatic carbocycles. The molecule has 0 spiro atoms. The smallest absolute Gasteiger partial charge is 0.0721 e. The molecular formula is C17H27N3O. The summed E-state index contributed by atoms with van der Waals surface area (Å²) < 4.78 is 5.69. The molecule has 2 heterocycles. The van der Waals surface area contributed by atoms with E-state index in [9.17, 15) is 0 Å². The summed E-state index contributed by atoms with van der Waals surface area (Å²) in [5.74, 6) is 0. The van der Waals surface area contributed by atoms with Crippen LogP contribution in [0.15, 0.2) is 24.3 Å². The monoisotopic (exact) mass is 289 g/mol. The van der Waals surface area contributed by atoms with Gasteiger partial charge in [-0.15, -0.1) is 0 Å². The summed E-state index contributed by atoms with van der Waals surface area (Å²) in [6.45, 7) is 8.66. The fourth-order valence-corrected chi connectivity index (χ4v) is 3.20. The normalized spacial score (nSPS) is 24.0. The molecule has 1 aromatic rings. The van der Waals surface area contributed by atoms with E-state index in [4.69, 9.17) is 4.74 Å². The van der Waals surface area contributed by atoms with E-state index in [0.29, 0.717) is 6.04 Å². The number of fused-ring (bicyclic) bond motifs is 1. The number of hydrogen-bond acceptors (Lipinski definition) is 4. The van der Waals surface area contributed by atoms with Crippen molar-refractivity contribution < 1.29 is 4.74 Å². The summed E-state index contributed by atoms with van der Waals surface area (Å²) in [4.78, 5) is 4.98. The van der Waals surface area contributed by atoms with Gasteiger partial charge in [0.05, 0.1) is 19.3 Å². The largest absolute Gasteiger partial charge is 0.375 e. The topological polar surface area (TPSA) is 27.7 Å². The van der Waals surface area contributed by atoms with Crippen molar-refractivity contribution in [1.82, 2.24) is 15.1 Å². The van der Waals surface area contributed by atoms with Gasteiger partial charge in [0.1, 0.15) is 0 Å². The van der Waals surface area contributed by atoms with Crippen LogP contribution in [0.2, 0.25) is 0 Å². The molecule has 0 bridgehead atoms. The standard InChI is InChI=1S/C17H27N3O/c1-19-9-11-20(12-10-19)8-4-7-18-17-14-21-13-15-5-2-3-6-16(15)17/h2-3,5-6,17-18H,4,7-14H2,1H3. The van der Waals surface area contributed by atoms with Crippen molar-refractivity contribution in [3.8, 4) is 0 Å². The Morgan fingerprint density at radius 3 is 2.86 bits per heavy atom. The second-order valence-electron chi connectivity index (χ2n) is 6.22. The van der Waals surface area contributed by atoms with E-state index in [1.165, 1.54) is 50.3 Å². The fourth-order valence-electron chi connectivity index (χ4n) is 3.20. The Labute approximate surface area is 128 Å². The first kappa shape index (κ1) is 15.0. The fraction of sp³-hybridized carbons (Fsp3) is 0.647. The van der Waals surface area contributed by atoms with Gasteiger partial charge in [0.15, 0.2) is 0 Å². The third-order valence-electron chi connectivity index (χ3n) is 4.61. The Kier molecular flexibility index (Phi) is 5.25. The maximum Gasteiger partial charge on any atom is 0.0721 e. The van der Waals surface area contributed by atoms with Crippen LogP contribution in [0, 0.1) is 0 Å². The molecule has 4 nitrogen and oxygen atoms in total. The van der Waals surface area contributed by atoms with Crippen molar-refractivity contribution in [3.05, 3.63) is 35.4 Å². The molecule has 21 heavy (non-hydrogen) atoms. The summed E-state index contributed by atoms with van der Waals surface area (Å²) in [6.07, 6.45) is 1.21. The molecule has 1 fully saturated rings. The Balaban J connectivity index is 1.40. The molecule has 0 amide bonds. The molecule has 1 atom stereocenters. The van der Waals surface area contributed by atoms with E-state index >= 15 is 0 Å². The van der Waals surface area contributed by atoms with Gasteiger partial charge in [0.25, 0.3) is 0 Å². The van der Waals surface area contributed by atoms with Gasteiger partial charge < -0.3 is 19.9 Å². The minimum absolute atomic E-state index is 0.363. The lowest BCUT2D eigenvalue weighted by molar-refractivity contribution is 0.0815. The zero-order valence-electron chi connectivity index (χ0n) is 13.1. The number of benzene rings is 1. The lowest BCUT2D eigenvalue weighted by Crippen LogP contribution is -2.45. The third-order valence-corrected chi connectivity index (χ3v) is 4.61. The lowest BCUT2D eigenvalue weighted by atomic mass is 9.99. The average molecular weight is 289 g/mol. The van der Waals surface area contributed by atoms with Crippen LogP contribution >= 0.6 is 0 Å². The Bertz CT molecular complexity index is 443.